The topological polar surface area (TPSA) is 35.5 Å². The first-order valence-electron chi connectivity index (χ1n) is 6.60. The van der Waals surface area contributed by atoms with Crippen LogP contribution in [0.3, 0.4) is 0 Å². The minimum absolute atomic E-state index is 0. The summed E-state index contributed by atoms with van der Waals surface area (Å²) in [5, 5.41) is 12.8. The number of aromatic hydroxyl groups is 1. The predicted molar refractivity (Wildman–Crippen MR) is 77.9 cm³/mol. The van der Waals surface area contributed by atoms with Crippen molar-refractivity contribution in [2.75, 3.05) is 26.2 Å². The van der Waals surface area contributed by atoms with Crippen LogP contribution < -0.4 is 5.32 Å². The maximum atomic E-state index is 12.8. The Morgan fingerprint density at radius 2 is 1.95 bits per heavy atom. The molecule has 1 aliphatic rings. The van der Waals surface area contributed by atoms with Crippen LogP contribution in [0.4, 0.5) is 8.78 Å². The lowest BCUT2D eigenvalue weighted by molar-refractivity contribution is 0.0739. The summed E-state index contributed by atoms with van der Waals surface area (Å²) in [5.41, 5.74) is 1.59. The Morgan fingerprint density at radius 1 is 1.30 bits per heavy atom. The summed E-state index contributed by atoms with van der Waals surface area (Å²) < 4.78 is 25.6. The summed E-state index contributed by atoms with van der Waals surface area (Å²) in [4.78, 5) is 2.09. The molecule has 0 unspecified atom stereocenters. The summed E-state index contributed by atoms with van der Waals surface area (Å²) in [7, 11) is 0. The van der Waals surface area contributed by atoms with Crippen LogP contribution in [0.5, 0.6) is 5.75 Å². The van der Waals surface area contributed by atoms with Crippen molar-refractivity contribution < 1.29 is 13.9 Å². The van der Waals surface area contributed by atoms with E-state index in [1.165, 1.54) is 0 Å². The van der Waals surface area contributed by atoms with Crippen molar-refractivity contribution in [2.24, 2.45) is 0 Å². The van der Waals surface area contributed by atoms with Crippen LogP contribution in [0.25, 0.3) is 0 Å². The van der Waals surface area contributed by atoms with E-state index in [2.05, 4.69) is 10.2 Å². The standard InChI is InChI=1S/C14H20F2N2O.ClH/c1-10-8-11(2-3-13(10)19)12(9-14(15)16)18-6-4-17-5-7-18;/h2-3,8,12,14,17,19H,4-7,9H2,1H3;1H/t12-;/m0./s1. The van der Waals surface area contributed by atoms with Crippen LogP contribution in [-0.2, 0) is 0 Å². The molecule has 3 nitrogen and oxygen atoms in total. The molecule has 0 radical (unpaired) electrons. The van der Waals surface area contributed by atoms with Crippen molar-refractivity contribution >= 4 is 12.4 Å². The summed E-state index contributed by atoms with van der Waals surface area (Å²) in [6, 6.07) is 4.87. The molecule has 0 bridgehead atoms. The van der Waals surface area contributed by atoms with E-state index in [9.17, 15) is 13.9 Å². The first-order chi connectivity index (χ1) is 9.08. The van der Waals surface area contributed by atoms with Crippen LogP contribution in [0.1, 0.15) is 23.6 Å². The zero-order valence-electron chi connectivity index (χ0n) is 11.5. The number of nitrogens with zero attached hydrogens (tertiary/aromatic N) is 1. The highest BCUT2D eigenvalue weighted by atomic mass is 35.5. The van der Waals surface area contributed by atoms with E-state index in [4.69, 9.17) is 0 Å². The molecule has 0 aliphatic carbocycles. The fraction of sp³-hybridized carbons (Fsp3) is 0.571. The molecule has 20 heavy (non-hydrogen) atoms. The molecule has 0 spiro atoms. The quantitative estimate of drug-likeness (QED) is 0.898. The number of aryl methyl sites for hydroxylation is 1. The lowest BCUT2D eigenvalue weighted by Gasteiger charge is -2.35. The summed E-state index contributed by atoms with van der Waals surface area (Å²) >= 11 is 0. The predicted octanol–water partition coefficient (Wildman–Crippen LogP) is 2.72. The van der Waals surface area contributed by atoms with Gasteiger partial charge in [0, 0.05) is 38.6 Å². The van der Waals surface area contributed by atoms with E-state index < -0.39 is 6.43 Å². The van der Waals surface area contributed by atoms with Crippen molar-refractivity contribution in [3.05, 3.63) is 29.3 Å². The third-order valence-corrected chi connectivity index (χ3v) is 3.60. The van der Waals surface area contributed by atoms with E-state index in [0.29, 0.717) is 0 Å². The molecule has 0 aromatic heterocycles. The van der Waals surface area contributed by atoms with E-state index in [-0.39, 0.29) is 30.6 Å². The Bertz CT molecular complexity index is 426. The Labute approximate surface area is 124 Å². The second-order valence-electron chi connectivity index (χ2n) is 4.97. The van der Waals surface area contributed by atoms with E-state index in [1.807, 2.05) is 6.07 Å². The highest BCUT2D eigenvalue weighted by Gasteiger charge is 2.25. The molecule has 2 rings (SSSR count). The largest absolute Gasteiger partial charge is 0.508 e. The normalized spacial score (nSPS) is 17.8. The van der Waals surface area contributed by atoms with Crippen LogP contribution >= 0.6 is 12.4 Å². The molecule has 1 aliphatic heterocycles. The molecular formula is C14H21ClF2N2O. The maximum absolute atomic E-state index is 12.8. The molecule has 6 heteroatoms. The van der Waals surface area contributed by atoms with Gasteiger partial charge in [0.15, 0.2) is 0 Å². The minimum atomic E-state index is -2.33. The third-order valence-electron chi connectivity index (χ3n) is 3.60. The summed E-state index contributed by atoms with van der Waals surface area (Å²) in [5.74, 6) is 0.208. The number of piperazine rings is 1. The molecule has 1 aromatic rings. The first kappa shape index (κ1) is 17.1. The highest BCUT2D eigenvalue weighted by molar-refractivity contribution is 5.85. The average Bonchev–Trinajstić information content (AvgIpc) is 2.40. The van der Waals surface area contributed by atoms with Crippen LogP contribution in [0.15, 0.2) is 18.2 Å². The molecule has 1 aromatic carbocycles. The second kappa shape index (κ2) is 7.76. The number of alkyl halides is 2. The number of halogens is 3. The van der Waals surface area contributed by atoms with Crippen molar-refractivity contribution in [3.8, 4) is 5.75 Å². The molecular weight excluding hydrogens is 286 g/mol. The van der Waals surface area contributed by atoms with Gasteiger partial charge in [0.1, 0.15) is 5.75 Å². The van der Waals surface area contributed by atoms with Gasteiger partial charge < -0.3 is 10.4 Å². The van der Waals surface area contributed by atoms with Crippen molar-refractivity contribution in [3.63, 3.8) is 0 Å². The van der Waals surface area contributed by atoms with Gasteiger partial charge in [-0.3, -0.25) is 4.90 Å². The fourth-order valence-corrected chi connectivity index (χ4v) is 2.54. The van der Waals surface area contributed by atoms with Crippen LogP contribution in [0, 0.1) is 6.92 Å². The van der Waals surface area contributed by atoms with Gasteiger partial charge in [0.05, 0.1) is 0 Å². The van der Waals surface area contributed by atoms with Gasteiger partial charge in [-0.15, -0.1) is 12.4 Å². The zero-order chi connectivity index (χ0) is 13.8. The molecule has 1 fully saturated rings. The summed E-state index contributed by atoms with van der Waals surface area (Å²) in [6.07, 6.45) is -2.49. The van der Waals surface area contributed by atoms with Crippen LogP contribution in [-0.4, -0.2) is 42.6 Å². The number of phenolic OH excluding ortho intramolecular Hbond substituents is 1. The van der Waals surface area contributed by atoms with Gasteiger partial charge in [0.25, 0.3) is 0 Å². The Morgan fingerprint density at radius 3 is 2.50 bits per heavy atom. The van der Waals surface area contributed by atoms with Crippen molar-refractivity contribution in [1.82, 2.24) is 10.2 Å². The van der Waals surface area contributed by atoms with Gasteiger partial charge >= 0.3 is 0 Å². The highest BCUT2D eigenvalue weighted by Crippen LogP contribution is 2.30. The second-order valence-corrected chi connectivity index (χ2v) is 4.97. The molecule has 1 atom stereocenters. The monoisotopic (exact) mass is 306 g/mol. The Kier molecular flexibility index (Phi) is 6.65. The Balaban J connectivity index is 0.00000200. The molecule has 2 N–H and O–H groups in total. The van der Waals surface area contributed by atoms with Crippen molar-refractivity contribution in [1.29, 1.82) is 0 Å². The summed E-state index contributed by atoms with van der Waals surface area (Å²) in [6.45, 7) is 5.00. The van der Waals surface area contributed by atoms with Crippen LogP contribution in [0.2, 0.25) is 0 Å². The molecule has 114 valence electrons. The number of rotatable bonds is 4. The number of hydrogen-bond acceptors (Lipinski definition) is 3. The Hall–Kier alpha value is -0.910. The van der Waals surface area contributed by atoms with Gasteiger partial charge in [-0.2, -0.15) is 0 Å². The van der Waals surface area contributed by atoms with Gasteiger partial charge in [-0.25, -0.2) is 8.78 Å². The maximum Gasteiger partial charge on any atom is 0.240 e. The van der Waals surface area contributed by atoms with Gasteiger partial charge in [-0.05, 0) is 24.1 Å². The number of hydrogen-bond donors (Lipinski definition) is 2. The number of phenols is 1. The van der Waals surface area contributed by atoms with E-state index >= 15 is 0 Å². The average molecular weight is 307 g/mol. The molecule has 0 amide bonds. The van der Waals surface area contributed by atoms with E-state index in [0.717, 1.165) is 37.3 Å². The van der Waals surface area contributed by atoms with Gasteiger partial charge in [-0.1, -0.05) is 12.1 Å². The lowest BCUT2D eigenvalue weighted by Crippen LogP contribution is -2.45. The minimum Gasteiger partial charge on any atom is -0.508 e. The number of benzene rings is 1. The third kappa shape index (κ3) is 4.30. The lowest BCUT2D eigenvalue weighted by atomic mass is 9.99. The first-order valence-corrected chi connectivity index (χ1v) is 6.60. The molecule has 1 saturated heterocycles. The zero-order valence-corrected chi connectivity index (χ0v) is 12.3. The van der Waals surface area contributed by atoms with Gasteiger partial charge in [0.2, 0.25) is 6.43 Å². The van der Waals surface area contributed by atoms with E-state index in [1.54, 1.807) is 19.1 Å². The smallest absolute Gasteiger partial charge is 0.240 e. The molecule has 1 heterocycles. The fourth-order valence-electron chi connectivity index (χ4n) is 2.54. The SMILES string of the molecule is Cc1cc([C@H](CC(F)F)N2CCNCC2)ccc1O.Cl. The number of nitrogens with one attached hydrogen (secondary N) is 1. The molecule has 0 saturated carbocycles. The van der Waals surface area contributed by atoms with Crippen molar-refractivity contribution in [2.45, 2.75) is 25.8 Å².